The number of aliphatic hydroxyl groups is 1. The Morgan fingerprint density at radius 2 is 2.12 bits per heavy atom. The summed E-state index contributed by atoms with van der Waals surface area (Å²) >= 11 is 0. The highest BCUT2D eigenvalue weighted by Crippen LogP contribution is 2.40. The Labute approximate surface area is 94.0 Å². The fourth-order valence-corrected chi connectivity index (χ4v) is 2.47. The molecule has 1 fully saturated rings. The maximum atomic E-state index is 9.89. The minimum atomic E-state index is -0.394. The maximum absolute atomic E-state index is 9.89. The number of fused-ring (bicyclic) bond motifs is 2. The van der Waals surface area contributed by atoms with Crippen molar-refractivity contribution in [2.45, 2.75) is 31.5 Å². The zero-order valence-corrected chi connectivity index (χ0v) is 8.89. The average Bonchev–Trinajstić information content (AvgIpc) is 2.29. The Morgan fingerprint density at radius 1 is 1.25 bits per heavy atom. The Kier molecular flexibility index (Phi) is 2.14. The average molecular weight is 218 g/mol. The summed E-state index contributed by atoms with van der Waals surface area (Å²) in [5.41, 5.74) is 1.80. The fourth-order valence-electron chi connectivity index (χ4n) is 2.47. The molecule has 1 aromatic rings. The van der Waals surface area contributed by atoms with E-state index in [1.807, 2.05) is 12.1 Å². The molecule has 0 aromatic heterocycles. The van der Waals surface area contributed by atoms with Crippen LogP contribution >= 0.6 is 0 Å². The van der Waals surface area contributed by atoms with Gasteiger partial charge in [0, 0.05) is 5.56 Å². The third-order valence-electron chi connectivity index (χ3n) is 3.31. The van der Waals surface area contributed by atoms with Crippen LogP contribution in [0.4, 0.5) is 0 Å². The number of phenolic OH excluding ortho intramolecular Hbond substituents is 1. The lowest BCUT2D eigenvalue weighted by atomic mass is 9.86. The molecular formula is C13H14O3. The first kappa shape index (κ1) is 9.73. The lowest BCUT2D eigenvalue weighted by Gasteiger charge is -2.33. The standard InChI is InChI=1S/C13H14O3/c14-10-4-2-6-12-9(10)7-8-3-1-5-11(15)13(8)16-12/h1,3,5,7,10,12,14-15H,2,4,6H2/t10-,12+/m0/s1. The number of aromatic hydroxyl groups is 1. The number of hydrogen-bond donors (Lipinski definition) is 2. The summed E-state index contributed by atoms with van der Waals surface area (Å²) < 4.78 is 5.76. The van der Waals surface area contributed by atoms with Gasteiger partial charge in [0.05, 0.1) is 6.10 Å². The molecule has 1 aromatic carbocycles. The Hall–Kier alpha value is -1.48. The molecular weight excluding hydrogens is 204 g/mol. The molecule has 0 saturated heterocycles. The minimum Gasteiger partial charge on any atom is -0.504 e. The van der Waals surface area contributed by atoms with Crippen molar-refractivity contribution in [3.8, 4) is 11.5 Å². The summed E-state index contributed by atoms with van der Waals surface area (Å²) in [7, 11) is 0. The number of hydrogen-bond acceptors (Lipinski definition) is 3. The molecule has 0 spiro atoms. The topological polar surface area (TPSA) is 49.7 Å². The van der Waals surface area contributed by atoms with Gasteiger partial charge in [-0.3, -0.25) is 0 Å². The predicted octanol–water partition coefficient (Wildman–Crippen LogP) is 2.08. The van der Waals surface area contributed by atoms with Crippen LogP contribution in [0.5, 0.6) is 11.5 Å². The molecule has 2 aliphatic rings. The molecule has 0 unspecified atom stereocenters. The van der Waals surface area contributed by atoms with Crippen LogP contribution < -0.4 is 4.74 Å². The minimum absolute atomic E-state index is 0.0652. The Bertz CT molecular complexity index is 450. The van der Waals surface area contributed by atoms with E-state index >= 15 is 0 Å². The summed E-state index contributed by atoms with van der Waals surface area (Å²) in [6, 6.07) is 5.29. The summed E-state index contributed by atoms with van der Waals surface area (Å²) in [5, 5.41) is 19.6. The lowest BCUT2D eigenvalue weighted by molar-refractivity contribution is 0.110. The number of aliphatic hydroxyl groups excluding tert-OH is 1. The molecule has 3 nitrogen and oxygen atoms in total. The number of ether oxygens (including phenoxy) is 1. The number of benzene rings is 1. The second-order valence-corrected chi connectivity index (χ2v) is 4.39. The molecule has 0 amide bonds. The Balaban J connectivity index is 2.08. The highest BCUT2D eigenvalue weighted by Gasteiger charge is 2.31. The Morgan fingerprint density at radius 3 is 3.00 bits per heavy atom. The van der Waals surface area contributed by atoms with Gasteiger partial charge in [0.2, 0.25) is 0 Å². The van der Waals surface area contributed by atoms with Gasteiger partial charge >= 0.3 is 0 Å². The molecule has 16 heavy (non-hydrogen) atoms. The van der Waals surface area contributed by atoms with Crippen molar-refractivity contribution in [2.24, 2.45) is 0 Å². The van der Waals surface area contributed by atoms with E-state index in [-0.39, 0.29) is 11.9 Å². The van der Waals surface area contributed by atoms with Crippen LogP contribution in [0.3, 0.4) is 0 Å². The summed E-state index contributed by atoms with van der Waals surface area (Å²) in [6.45, 7) is 0. The van der Waals surface area contributed by atoms with Crippen LogP contribution in [-0.2, 0) is 0 Å². The molecule has 3 rings (SSSR count). The molecule has 1 heterocycles. The largest absolute Gasteiger partial charge is 0.504 e. The number of para-hydroxylation sites is 1. The normalized spacial score (nSPS) is 27.4. The third-order valence-corrected chi connectivity index (χ3v) is 3.31. The van der Waals surface area contributed by atoms with Gasteiger partial charge in [-0.25, -0.2) is 0 Å². The zero-order chi connectivity index (χ0) is 11.1. The van der Waals surface area contributed by atoms with Gasteiger partial charge in [-0.05, 0) is 37.0 Å². The maximum Gasteiger partial charge on any atom is 0.169 e. The van der Waals surface area contributed by atoms with Crippen molar-refractivity contribution >= 4 is 6.08 Å². The van der Waals surface area contributed by atoms with E-state index in [0.29, 0.717) is 5.75 Å². The van der Waals surface area contributed by atoms with Crippen molar-refractivity contribution in [1.29, 1.82) is 0 Å². The van der Waals surface area contributed by atoms with Gasteiger partial charge < -0.3 is 14.9 Å². The molecule has 2 atom stereocenters. The van der Waals surface area contributed by atoms with Crippen LogP contribution in [0.2, 0.25) is 0 Å². The number of rotatable bonds is 0. The summed E-state index contributed by atoms with van der Waals surface area (Å²) in [4.78, 5) is 0. The van der Waals surface area contributed by atoms with Gasteiger partial charge in [0.25, 0.3) is 0 Å². The second kappa shape index (κ2) is 3.52. The van der Waals surface area contributed by atoms with E-state index in [1.165, 1.54) is 0 Å². The monoisotopic (exact) mass is 218 g/mol. The van der Waals surface area contributed by atoms with E-state index in [9.17, 15) is 10.2 Å². The van der Waals surface area contributed by atoms with Gasteiger partial charge in [0.1, 0.15) is 6.10 Å². The van der Waals surface area contributed by atoms with Crippen molar-refractivity contribution in [2.75, 3.05) is 0 Å². The molecule has 1 saturated carbocycles. The van der Waals surface area contributed by atoms with Crippen molar-refractivity contribution < 1.29 is 14.9 Å². The van der Waals surface area contributed by atoms with Gasteiger partial charge in [-0.2, -0.15) is 0 Å². The third kappa shape index (κ3) is 1.39. The molecule has 3 heteroatoms. The smallest absolute Gasteiger partial charge is 0.169 e. The molecule has 2 N–H and O–H groups in total. The van der Waals surface area contributed by atoms with Crippen molar-refractivity contribution in [1.82, 2.24) is 0 Å². The zero-order valence-electron chi connectivity index (χ0n) is 8.89. The SMILES string of the molecule is Oc1cccc2c1O[C@@H]1CCC[C@H](O)C1=C2. The van der Waals surface area contributed by atoms with E-state index in [1.54, 1.807) is 12.1 Å². The van der Waals surface area contributed by atoms with Gasteiger partial charge in [-0.1, -0.05) is 12.1 Å². The van der Waals surface area contributed by atoms with Crippen LogP contribution in [0, 0.1) is 0 Å². The second-order valence-electron chi connectivity index (χ2n) is 4.39. The van der Waals surface area contributed by atoms with E-state index < -0.39 is 6.10 Å². The molecule has 1 aliphatic carbocycles. The van der Waals surface area contributed by atoms with Crippen LogP contribution in [-0.4, -0.2) is 22.4 Å². The molecule has 0 bridgehead atoms. The van der Waals surface area contributed by atoms with Crippen LogP contribution in [0.25, 0.3) is 6.08 Å². The fraction of sp³-hybridized carbons (Fsp3) is 0.385. The lowest BCUT2D eigenvalue weighted by Crippen LogP contribution is -2.33. The molecule has 84 valence electrons. The summed E-state index contributed by atoms with van der Waals surface area (Å²) in [5.74, 6) is 0.721. The molecule has 0 radical (unpaired) electrons. The van der Waals surface area contributed by atoms with Crippen molar-refractivity contribution in [3.63, 3.8) is 0 Å². The first-order chi connectivity index (χ1) is 7.75. The van der Waals surface area contributed by atoms with Gasteiger partial charge in [-0.15, -0.1) is 0 Å². The first-order valence-electron chi connectivity index (χ1n) is 5.64. The van der Waals surface area contributed by atoms with Crippen LogP contribution in [0.15, 0.2) is 23.8 Å². The van der Waals surface area contributed by atoms with Crippen LogP contribution in [0.1, 0.15) is 24.8 Å². The first-order valence-corrected chi connectivity index (χ1v) is 5.64. The van der Waals surface area contributed by atoms with Gasteiger partial charge in [0.15, 0.2) is 11.5 Å². The molecule has 1 aliphatic heterocycles. The van der Waals surface area contributed by atoms with Crippen molar-refractivity contribution in [3.05, 3.63) is 29.3 Å². The van der Waals surface area contributed by atoms with E-state index in [0.717, 1.165) is 30.4 Å². The summed E-state index contributed by atoms with van der Waals surface area (Å²) in [6.07, 6.45) is 4.18. The predicted molar refractivity (Wildman–Crippen MR) is 60.4 cm³/mol. The quantitative estimate of drug-likeness (QED) is 0.701. The van der Waals surface area contributed by atoms with E-state index in [2.05, 4.69) is 0 Å². The highest BCUT2D eigenvalue weighted by atomic mass is 16.5. The highest BCUT2D eigenvalue weighted by molar-refractivity contribution is 5.67. The number of phenols is 1. The van der Waals surface area contributed by atoms with E-state index in [4.69, 9.17) is 4.74 Å².